The molecule has 0 spiro atoms. The molecular weight excluding hydrogens is 735 g/mol. The maximum atomic E-state index is 13.1. The molecule has 59 heavy (non-hydrogen) atoms. The molecular formula is C54H66F2O3. The molecule has 2 unspecified atom stereocenters. The topological polar surface area (TPSA) is 34.3 Å². The van der Waals surface area contributed by atoms with Crippen molar-refractivity contribution in [1.82, 2.24) is 0 Å². The average Bonchev–Trinajstić information content (AvgIpc) is 4.25. The first-order valence-electron chi connectivity index (χ1n) is 23.6. The molecule has 0 bridgehead atoms. The van der Waals surface area contributed by atoms with Crippen LogP contribution in [0, 0.1) is 41.2 Å². The third-order valence-corrected chi connectivity index (χ3v) is 15.5. The molecule has 0 aromatic heterocycles. The normalized spacial score (nSPS) is 31.8. The average molecular weight is 801 g/mol. The van der Waals surface area contributed by atoms with Gasteiger partial charge in [0.1, 0.15) is 17.7 Å². The molecule has 4 aliphatic carbocycles. The third-order valence-electron chi connectivity index (χ3n) is 15.5. The van der Waals surface area contributed by atoms with Gasteiger partial charge in [0, 0.05) is 0 Å². The fraction of sp³-hybridized carbons (Fsp3) is 0.556. The summed E-state index contributed by atoms with van der Waals surface area (Å²) in [4.78, 5) is 0. The Morgan fingerprint density at radius 1 is 0.407 bits per heavy atom. The molecule has 4 saturated carbocycles. The van der Waals surface area contributed by atoms with Gasteiger partial charge >= 0.3 is 0 Å². The lowest BCUT2D eigenvalue weighted by molar-refractivity contribution is 0.00133. The highest BCUT2D eigenvalue weighted by Gasteiger charge is 2.35. The Bertz CT molecular complexity index is 1850. The van der Waals surface area contributed by atoms with E-state index < -0.39 is 0 Å². The summed E-state index contributed by atoms with van der Waals surface area (Å²) in [6, 6.07) is 31.6. The lowest BCUT2D eigenvalue weighted by atomic mass is 9.68. The molecule has 6 fully saturated rings. The van der Waals surface area contributed by atoms with Crippen molar-refractivity contribution >= 4 is 0 Å². The van der Waals surface area contributed by atoms with Gasteiger partial charge in [0.2, 0.25) is 0 Å². The van der Waals surface area contributed by atoms with Gasteiger partial charge in [-0.05, 0) is 195 Å². The lowest BCUT2D eigenvalue weighted by Gasteiger charge is -2.38. The van der Waals surface area contributed by atoms with Crippen molar-refractivity contribution in [2.45, 2.75) is 139 Å². The fourth-order valence-electron chi connectivity index (χ4n) is 11.6. The Balaban J connectivity index is 0.000000152. The van der Waals surface area contributed by atoms with E-state index in [-0.39, 0.29) is 11.6 Å². The zero-order valence-corrected chi connectivity index (χ0v) is 35.1. The molecule has 6 aliphatic rings. The molecule has 2 aliphatic heterocycles. The minimum Gasteiger partial charge on any atom is -0.375 e. The summed E-state index contributed by atoms with van der Waals surface area (Å²) in [6.07, 6.45) is 24.6. The molecule has 0 amide bonds. The van der Waals surface area contributed by atoms with Gasteiger partial charge < -0.3 is 14.2 Å². The van der Waals surface area contributed by atoms with Crippen LogP contribution in [0.4, 0.5) is 8.78 Å². The monoisotopic (exact) mass is 800 g/mol. The highest BCUT2D eigenvalue weighted by Crippen LogP contribution is 2.46. The van der Waals surface area contributed by atoms with Crippen molar-refractivity contribution < 1.29 is 23.0 Å². The van der Waals surface area contributed by atoms with E-state index in [1.165, 1.54) is 156 Å². The maximum absolute atomic E-state index is 13.1. The first kappa shape index (κ1) is 41.0. The highest BCUT2D eigenvalue weighted by atomic mass is 19.1. The van der Waals surface area contributed by atoms with Crippen LogP contribution in [-0.2, 0) is 14.2 Å². The van der Waals surface area contributed by atoms with Crippen molar-refractivity contribution in [3.63, 3.8) is 0 Å². The summed E-state index contributed by atoms with van der Waals surface area (Å²) in [5.41, 5.74) is 7.47. The fourth-order valence-corrected chi connectivity index (χ4v) is 11.6. The molecule has 10 rings (SSSR count). The van der Waals surface area contributed by atoms with E-state index in [9.17, 15) is 8.78 Å². The molecule has 3 nitrogen and oxygen atoms in total. The summed E-state index contributed by atoms with van der Waals surface area (Å²) in [5.74, 6) is 5.76. The summed E-state index contributed by atoms with van der Waals surface area (Å²) in [7, 11) is 0. The maximum Gasteiger partial charge on any atom is 0.123 e. The van der Waals surface area contributed by atoms with E-state index in [4.69, 9.17) is 14.2 Å². The molecule has 0 N–H and O–H groups in total. The Kier molecular flexibility index (Phi) is 13.6. The van der Waals surface area contributed by atoms with Gasteiger partial charge in [0.05, 0.1) is 32.0 Å². The Hall–Kier alpha value is -3.38. The summed E-state index contributed by atoms with van der Waals surface area (Å²) in [5, 5.41) is 0. The minimum atomic E-state index is -0.180. The zero-order valence-electron chi connectivity index (χ0n) is 35.1. The second kappa shape index (κ2) is 19.6. The summed E-state index contributed by atoms with van der Waals surface area (Å²) in [6.45, 7) is 2.72. The summed E-state index contributed by atoms with van der Waals surface area (Å²) >= 11 is 0. The van der Waals surface area contributed by atoms with Gasteiger partial charge in [-0.2, -0.15) is 0 Å². The Morgan fingerprint density at radius 2 is 0.746 bits per heavy atom. The smallest absolute Gasteiger partial charge is 0.123 e. The SMILES string of the molecule is Fc1ccc(-c2ccc(C3CCC(C4CCC(CC5CO5)CC4)CC3)cc2)cc1.Fc1ccc(-c2ccc(C3CCC(C4CCC(OCC5CO5)CC4)CC3)cc2)cc1. The van der Waals surface area contributed by atoms with E-state index >= 15 is 0 Å². The number of halogens is 2. The molecule has 2 atom stereocenters. The van der Waals surface area contributed by atoms with Crippen LogP contribution < -0.4 is 0 Å². The van der Waals surface area contributed by atoms with Crippen LogP contribution in [0.15, 0.2) is 97.1 Å². The van der Waals surface area contributed by atoms with Crippen LogP contribution in [0.1, 0.15) is 132 Å². The van der Waals surface area contributed by atoms with Gasteiger partial charge in [-0.25, -0.2) is 8.78 Å². The van der Waals surface area contributed by atoms with E-state index in [1.54, 1.807) is 0 Å². The lowest BCUT2D eigenvalue weighted by Crippen LogP contribution is -2.29. The van der Waals surface area contributed by atoms with Gasteiger partial charge in [0.15, 0.2) is 0 Å². The molecule has 2 saturated heterocycles. The van der Waals surface area contributed by atoms with Crippen molar-refractivity contribution in [3.8, 4) is 22.3 Å². The quantitative estimate of drug-likeness (QED) is 0.142. The van der Waals surface area contributed by atoms with Gasteiger partial charge in [-0.15, -0.1) is 0 Å². The van der Waals surface area contributed by atoms with Crippen molar-refractivity contribution in [3.05, 3.63) is 120 Å². The Labute approximate surface area is 352 Å². The number of hydrogen-bond acceptors (Lipinski definition) is 3. The van der Waals surface area contributed by atoms with E-state index in [1.807, 2.05) is 24.3 Å². The molecule has 5 heteroatoms. The molecule has 0 radical (unpaired) electrons. The van der Waals surface area contributed by atoms with Crippen LogP contribution in [0.25, 0.3) is 22.3 Å². The molecule has 2 heterocycles. The Morgan fingerprint density at radius 3 is 1.12 bits per heavy atom. The van der Waals surface area contributed by atoms with Gasteiger partial charge in [-0.1, -0.05) is 85.6 Å². The first-order chi connectivity index (χ1) is 29.0. The largest absolute Gasteiger partial charge is 0.375 e. The van der Waals surface area contributed by atoms with Crippen LogP contribution in [0.2, 0.25) is 0 Å². The number of rotatable bonds is 11. The predicted molar refractivity (Wildman–Crippen MR) is 234 cm³/mol. The second-order valence-electron chi connectivity index (χ2n) is 19.3. The highest BCUT2D eigenvalue weighted by molar-refractivity contribution is 5.64. The second-order valence-corrected chi connectivity index (χ2v) is 19.3. The van der Waals surface area contributed by atoms with E-state index in [2.05, 4.69) is 48.5 Å². The standard InChI is InChI=1S/C27H33FO2.C27H33FO/c28-25-13-9-23(10-14-25)21-5-1-19(2-6-21)20-3-7-22(8-4-20)24-11-15-26(16-12-24)29-17-27-18-30-27;28-26-15-13-25(14-16-26)24-11-9-23(10-12-24)22-7-5-21(6-8-22)20-3-1-19(2-4-20)17-27-18-29-27/h1-2,5-6,9-10,13-14,20,22,24,26-27H,3-4,7-8,11-12,15-18H2;9-16,19-22,27H,1-8,17-18H2. The summed E-state index contributed by atoms with van der Waals surface area (Å²) < 4.78 is 43.0. The number of epoxide rings is 2. The zero-order chi connectivity index (χ0) is 40.0. The van der Waals surface area contributed by atoms with Gasteiger partial charge in [-0.3, -0.25) is 0 Å². The third kappa shape index (κ3) is 11.3. The molecule has 314 valence electrons. The van der Waals surface area contributed by atoms with E-state index in [0.717, 1.165) is 66.5 Å². The number of hydrogen-bond donors (Lipinski definition) is 0. The van der Waals surface area contributed by atoms with Crippen molar-refractivity contribution in [1.29, 1.82) is 0 Å². The van der Waals surface area contributed by atoms with Gasteiger partial charge in [0.25, 0.3) is 0 Å². The minimum absolute atomic E-state index is 0.174. The van der Waals surface area contributed by atoms with Crippen LogP contribution in [0.3, 0.4) is 0 Å². The van der Waals surface area contributed by atoms with Crippen molar-refractivity contribution in [2.24, 2.45) is 29.6 Å². The van der Waals surface area contributed by atoms with E-state index in [0.29, 0.717) is 24.2 Å². The van der Waals surface area contributed by atoms with Crippen molar-refractivity contribution in [2.75, 3.05) is 19.8 Å². The number of ether oxygens (including phenoxy) is 3. The first-order valence-corrected chi connectivity index (χ1v) is 23.6. The van der Waals surface area contributed by atoms with Crippen LogP contribution in [-0.4, -0.2) is 38.1 Å². The van der Waals surface area contributed by atoms with Crippen LogP contribution in [0.5, 0.6) is 0 Å². The van der Waals surface area contributed by atoms with Crippen LogP contribution >= 0.6 is 0 Å². The molecule has 4 aromatic carbocycles. The predicted octanol–water partition coefficient (Wildman–Crippen LogP) is 14.1. The molecule has 4 aromatic rings. The number of benzene rings is 4.